The van der Waals surface area contributed by atoms with E-state index in [4.69, 9.17) is 4.74 Å². The highest BCUT2D eigenvalue weighted by Crippen LogP contribution is 2.28. The monoisotopic (exact) mass is 262 g/mol. The third-order valence-corrected chi connectivity index (χ3v) is 3.66. The van der Waals surface area contributed by atoms with E-state index in [9.17, 15) is 0 Å². The topological polar surface area (TPSA) is 33.3 Å². The molecular formula is C16H26N2O. The molecule has 1 aliphatic rings. The lowest BCUT2D eigenvalue weighted by Gasteiger charge is -2.21. The van der Waals surface area contributed by atoms with E-state index in [0.717, 1.165) is 37.6 Å². The normalized spacial score (nSPS) is 15.3. The third-order valence-electron chi connectivity index (χ3n) is 3.66. The third kappa shape index (κ3) is 4.13. The fourth-order valence-electron chi connectivity index (χ4n) is 2.44. The van der Waals surface area contributed by atoms with Gasteiger partial charge in [0, 0.05) is 12.6 Å². The maximum absolute atomic E-state index is 5.61. The van der Waals surface area contributed by atoms with Gasteiger partial charge in [0.15, 0.2) is 0 Å². The Morgan fingerprint density at radius 1 is 1.37 bits per heavy atom. The molecule has 106 valence electrons. The lowest BCUT2D eigenvalue weighted by Crippen LogP contribution is -2.31. The first kappa shape index (κ1) is 14.2. The first-order valence-electron chi connectivity index (χ1n) is 7.56. The van der Waals surface area contributed by atoms with Gasteiger partial charge >= 0.3 is 0 Å². The van der Waals surface area contributed by atoms with Gasteiger partial charge in [-0.1, -0.05) is 26.3 Å². The van der Waals surface area contributed by atoms with E-state index in [0.29, 0.717) is 6.04 Å². The molecule has 1 unspecified atom stereocenters. The van der Waals surface area contributed by atoms with Crippen LogP contribution >= 0.6 is 0 Å². The summed E-state index contributed by atoms with van der Waals surface area (Å²) in [7, 11) is 0. The van der Waals surface area contributed by atoms with Crippen LogP contribution < -0.4 is 15.4 Å². The molecule has 1 aromatic carbocycles. The van der Waals surface area contributed by atoms with Crippen molar-refractivity contribution in [1.82, 2.24) is 5.32 Å². The van der Waals surface area contributed by atoms with Gasteiger partial charge in [-0.2, -0.15) is 0 Å². The number of unbranched alkanes of at least 4 members (excludes halogenated alkanes) is 1. The van der Waals surface area contributed by atoms with Crippen LogP contribution in [0.15, 0.2) is 18.2 Å². The molecule has 0 amide bonds. The van der Waals surface area contributed by atoms with Gasteiger partial charge in [0.2, 0.25) is 0 Å². The van der Waals surface area contributed by atoms with Gasteiger partial charge in [0.1, 0.15) is 12.4 Å². The second kappa shape index (κ2) is 7.39. The largest absolute Gasteiger partial charge is 0.490 e. The van der Waals surface area contributed by atoms with Crippen molar-refractivity contribution in [2.24, 2.45) is 0 Å². The number of hydrogen-bond donors (Lipinski definition) is 2. The van der Waals surface area contributed by atoms with E-state index in [1.807, 2.05) is 0 Å². The molecule has 0 fully saturated rings. The minimum atomic E-state index is 0.578. The Balaban J connectivity index is 1.93. The summed E-state index contributed by atoms with van der Waals surface area (Å²) in [5.41, 5.74) is 2.53. The molecule has 2 N–H and O–H groups in total. The SMILES string of the molecule is CCCCNC(CC)Cc1ccc2c(c1)NCCO2. The van der Waals surface area contributed by atoms with Gasteiger partial charge in [0.05, 0.1) is 5.69 Å². The molecule has 1 aliphatic heterocycles. The Morgan fingerprint density at radius 2 is 2.26 bits per heavy atom. The van der Waals surface area contributed by atoms with Crippen LogP contribution in [0.1, 0.15) is 38.7 Å². The Hall–Kier alpha value is -1.22. The molecular weight excluding hydrogens is 236 g/mol. The molecule has 1 heterocycles. The molecule has 19 heavy (non-hydrogen) atoms. The van der Waals surface area contributed by atoms with Crippen LogP contribution in [0.2, 0.25) is 0 Å². The summed E-state index contributed by atoms with van der Waals surface area (Å²) in [5, 5.41) is 7.05. The van der Waals surface area contributed by atoms with E-state index in [2.05, 4.69) is 42.7 Å². The highest BCUT2D eigenvalue weighted by molar-refractivity contribution is 5.59. The van der Waals surface area contributed by atoms with Crippen LogP contribution in [0.25, 0.3) is 0 Å². The van der Waals surface area contributed by atoms with Crippen molar-refractivity contribution in [2.75, 3.05) is 25.0 Å². The Morgan fingerprint density at radius 3 is 3.05 bits per heavy atom. The minimum Gasteiger partial charge on any atom is -0.490 e. The van der Waals surface area contributed by atoms with E-state index >= 15 is 0 Å². The Bertz CT molecular complexity index is 392. The van der Waals surface area contributed by atoms with Gasteiger partial charge < -0.3 is 15.4 Å². The number of fused-ring (bicyclic) bond motifs is 1. The van der Waals surface area contributed by atoms with Crippen LogP contribution in [0, 0.1) is 0 Å². The van der Waals surface area contributed by atoms with Crippen LogP contribution in [-0.2, 0) is 6.42 Å². The zero-order valence-corrected chi connectivity index (χ0v) is 12.2. The second-order valence-electron chi connectivity index (χ2n) is 5.22. The molecule has 0 spiro atoms. The summed E-state index contributed by atoms with van der Waals surface area (Å²) in [6.45, 7) is 7.29. The average Bonchev–Trinajstić information content (AvgIpc) is 2.46. The highest BCUT2D eigenvalue weighted by Gasteiger charge is 2.12. The molecule has 1 atom stereocenters. The number of anilines is 1. The highest BCUT2D eigenvalue weighted by atomic mass is 16.5. The molecule has 3 nitrogen and oxygen atoms in total. The summed E-state index contributed by atoms with van der Waals surface area (Å²) in [6.07, 6.45) is 4.78. The van der Waals surface area contributed by atoms with Gasteiger partial charge in [-0.05, 0) is 43.5 Å². The van der Waals surface area contributed by atoms with Crippen molar-refractivity contribution in [3.63, 3.8) is 0 Å². The summed E-state index contributed by atoms with van der Waals surface area (Å²) < 4.78 is 5.61. The Kier molecular flexibility index (Phi) is 5.52. The van der Waals surface area contributed by atoms with E-state index < -0.39 is 0 Å². The molecule has 3 heteroatoms. The molecule has 0 saturated carbocycles. The lowest BCUT2D eigenvalue weighted by atomic mass is 10.0. The number of ether oxygens (including phenoxy) is 1. The van der Waals surface area contributed by atoms with Crippen molar-refractivity contribution < 1.29 is 4.74 Å². The number of hydrogen-bond acceptors (Lipinski definition) is 3. The van der Waals surface area contributed by atoms with Crippen LogP contribution in [0.5, 0.6) is 5.75 Å². The first-order valence-corrected chi connectivity index (χ1v) is 7.56. The first-order chi connectivity index (χ1) is 9.33. The molecule has 0 aromatic heterocycles. The van der Waals surface area contributed by atoms with Gasteiger partial charge in [-0.15, -0.1) is 0 Å². The Labute approximate surface area is 116 Å². The van der Waals surface area contributed by atoms with Crippen LogP contribution in [0.4, 0.5) is 5.69 Å². The van der Waals surface area contributed by atoms with Gasteiger partial charge in [-0.25, -0.2) is 0 Å². The van der Waals surface area contributed by atoms with Crippen molar-refractivity contribution >= 4 is 5.69 Å². The quantitative estimate of drug-likeness (QED) is 0.740. The predicted octanol–water partition coefficient (Wildman–Crippen LogP) is 3.20. The molecule has 0 saturated heterocycles. The lowest BCUT2D eigenvalue weighted by molar-refractivity contribution is 0.323. The zero-order chi connectivity index (χ0) is 13.5. The molecule has 2 rings (SSSR count). The van der Waals surface area contributed by atoms with Crippen molar-refractivity contribution in [2.45, 2.75) is 45.6 Å². The fourth-order valence-corrected chi connectivity index (χ4v) is 2.44. The predicted molar refractivity (Wildman–Crippen MR) is 81.1 cm³/mol. The second-order valence-corrected chi connectivity index (χ2v) is 5.22. The average molecular weight is 262 g/mol. The molecule has 0 radical (unpaired) electrons. The van der Waals surface area contributed by atoms with E-state index in [1.54, 1.807) is 0 Å². The van der Waals surface area contributed by atoms with Gasteiger partial charge in [-0.3, -0.25) is 0 Å². The molecule has 0 bridgehead atoms. The zero-order valence-electron chi connectivity index (χ0n) is 12.2. The van der Waals surface area contributed by atoms with Crippen molar-refractivity contribution in [3.05, 3.63) is 23.8 Å². The molecule has 0 aliphatic carbocycles. The van der Waals surface area contributed by atoms with Crippen molar-refractivity contribution in [3.8, 4) is 5.75 Å². The maximum atomic E-state index is 5.61. The summed E-state index contributed by atoms with van der Waals surface area (Å²) in [4.78, 5) is 0. The minimum absolute atomic E-state index is 0.578. The summed E-state index contributed by atoms with van der Waals surface area (Å²) >= 11 is 0. The fraction of sp³-hybridized carbons (Fsp3) is 0.625. The van der Waals surface area contributed by atoms with Crippen LogP contribution in [0.3, 0.4) is 0 Å². The van der Waals surface area contributed by atoms with E-state index in [-0.39, 0.29) is 0 Å². The molecule has 1 aromatic rings. The number of nitrogens with one attached hydrogen (secondary N) is 2. The van der Waals surface area contributed by atoms with Crippen LogP contribution in [-0.4, -0.2) is 25.7 Å². The van der Waals surface area contributed by atoms with E-state index in [1.165, 1.54) is 24.8 Å². The smallest absolute Gasteiger partial charge is 0.142 e. The summed E-state index contributed by atoms with van der Waals surface area (Å²) in [6, 6.07) is 7.10. The maximum Gasteiger partial charge on any atom is 0.142 e. The summed E-state index contributed by atoms with van der Waals surface area (Å²) in [5.74, 6) is 0.988. The van der Waals surface area contributed by atoms with Crippen molar-refractivity contribution in [1.29, 1.82) is 0 Å². The number of rotatable bonds is 7. The standard InChI is InChI=1S/C16H26N2O/c1-3-5-8-17-14(4-2)11-13-6-7-16-15(12-13)18-9-10-19-16/h6-7,12,14,17-18H,3-5,8-11H2,1-2H3. The number of benzene rings is 1. The van der Waals surface area contributed by atoms with Gasteiger partial charge in [0.25, 0.3) is 0 Å².